The highest BCUT2D eigenvalue weighted by atomic mass is 16.5. The van der Waals surface area contributed by atoms with Crippen LogP contribution >= 0.6 is 0 Å². The molecule has 144 valence electrons. The van der Waals surface area contributed by atoms with E-state index in [9.17, 15) is 9.90 Å². The number of carbonyl (C=O) groups is 1. The zero-order valence-electron chi connectivity index (χ0n) is 16.7. The maximum atomic E-state index is 12.9. The highest BCUT2D eigenvalue weighted by Crippen LogP contribution is 2.27. The molecule has 4 nitrogen and oxygen atoms in total. The first-order valence-corrected chi connectivity index (χ1v) is 9.71. The van der Waals surface area contributed by atoms with Crippen molar-refractivity contribution in [1.29, 1.82) is 0 Å². The molecule has 3 rings (SSSR count). The van der Waals surface area contributed by atoms with Gasteiger partial charge >= 0.3 is 0 Å². The third-order valence-electron chi connectivity index (χ3n) is 5.43. The van der Waals surface area contributed by atoms with Gasteiger partial charge < -0.3 is 14.7 Å². The fraction of sp³-hybridized carbons (Fsp3) is 0.435. The molecule has 1 amide bonds. The summed E-state index contributed by atoms with van der Waals surface area (Å²) in [6.07, 6.45) is 1.71. The van der Waals surface area contributed by atoms with Gasteiger partial charge in [0.25, 0.3) is 5.91 Å². The van der Waals surface area contributed by atoms with E-state index in [4.69, 9.17) is 4.74 Å². The predicted octanol–water partition coefficient (Wildman–Crippen LogP) is 4.82. The summed E-state index contributed by atoms with van der Waals surface area (Å²) in [4.78, 5) is 14.7. The van der Waals surface area contributed by atoms with Gasteiger partial charge in [-0.2, -0.15) is 0 Å². The van der Waals surface area contributed by atoms with E-state index in [-0.39, 0.29) is 17.8 Å². The smallest absolute Gasteiger partial charge is 0.257 e. The molecule has 1 aliphatic rings. The Balaban J connectivity index is 1.62. The summed E-state index contributed by atoms with van der Waals surface area (Å²) < 4.78 is 6.11. The van der Waals surface area contributed by atoms with Gasteiger partial charge in [-0.15, -0.1) is 0 Å². The summed E-state index contributed by atoms with van der Waals surface area (Å²) in [7, 11) is 0. The number of phenolic OH excluding ortho intramolecular Hbond substituents is 1. The van der Waals surface area contributed by atoms with Crippen LogP contribution in [-0.2, 0) is 0 Å². The summed E-state index contributed by atoms with van der Waals surface area (Å²) >= 11 is 0. The Labute approximate surface area is 161 Å². The molecule has 1 aliphatic heterocycles. The summed E-state index contributed by atoms with van der Waals surface area (Å²) in [5, 5.41) is 10.1. The zero-order chi connectivity index (χ0) is 19.6. The maximum absolute atomic E-state index is 12.9. The van der Waals surface area contributed by atoms with E-state index < -0.39 is 0 Å². The molecule has 0 bridgehead atoms. The van der Waals surface area contributed by atoms with Crippen molar-refractivity contribution in [3.63, 3.8) is 0 Å². The number of nitrogens with zero attached hydrogens (tertiary/aromatic N) is 1. The highest BCUT2D eigenvalue weighted by Gasteiger charge is 2.26. The molecule has 2 aromatic rings. The van der Waals surface area contributed by atoms with Crippen molar-refractivity contribution in [3.8, 4) is 11.5 Å². The van der Waals surface area contributed by atoms with Crippen LogP contribution < -0.4 is 4.74 Å². The lowest BCUT2D eigenvalue weighted by molar-refractivity contribution is 0.0593. The number of ether oxygens (including phenoxy) is 1. The molecule has 0 aromatic heterocycles. The van der Waals surface area contributed by atoms with Crippen molar-refractivity contribution in [3.05, 3.63) is 58.7 Å². The Morgan fingerprint density at radius 1 is 1.07 bits per heavy atom. The van der Waals surface area contributed by atoms with Gasteiger partial charge in [-0.25, -0.2) is 0 Å². The average Bonchev–Trinajstić information content (AvgIpc) is 2.65. The number of amides is 1. The van der Waals surface area contributed by atoms with E-state index in [1.807, 2.05) is 23.1 Å². The second-order valence-electron chi connectivity index (χ2n) is 7.79. The van der Waals surface area contributed by atoms with Gasteiger partial charge in [0, 0.05) is 25.9 Å². The molecule has 0 saturated carbocycles. The first-order valence-electron chi connectivity index (χ1n) is 9.71. The molecule has 1 N–H and O–H groups in total. The number of aromatic hydroxyl groups is 1. The van der Waals surface area contributed by atoms with Crippen LogP contribution in [0.4, 0.5) is 0 Å². The number of phenols is 1. The quantitative estimate of drug-likeness (QED) is 0.843. The Bertz CT molecular complexity index is 820. The van der Waals surface area contributed by atoms with Gasteiger partial charge in [0.15, 0.2) is 0 Å². The normalized spacial score (nSPS) is 15.2. The SMILES string of the molecule is Cc1ccc(OC2CCN(C(=O)c3cc(C(C)C)ccc3O)CC2)cc1C. The summed E-state index contributed by atoms with van der Waals surface area (Å²) in [6, 6.07) is 11.5. The maximum Gasteiger partial charge on any atom is 0.257 e. The monoisotopic (exact) mass is 367 g/mol. The Morgan fingerprint density at radius 2 is 1.78 bits per heavy atom. The van der Waals surface area contributed by atoms with E-state index in [0.29, 0.717) is 24.6 Å². The molecule has 2 aromatic carbocycles. The summed E-state index contributed by atoms with van der Waals surface area (Å²) in [5.41, 5.74) is 3.94. The minimum atomic E-state index is -0.0976. The Kier molecular flexibility index (Phi) is 5.73. The first kappa shape index (κ1) is 19.3. The number of hydrogen-bond donors (Lipinski definition) is 1. The molecule has 0 radical (unpaired) electrons. The van der Waals surface area contributed by atoms with Crippen molar-refractivity contribution in [2.45, 2.75) is 52.6 Å². The third kappa shape index (κ3) is 4.44. The minimum absolute atomic E-state index is 0.0536. The third-order valence-corrected chi connectivity index (χ3v) is 5.43. The van der Waals surface area contributed by atoms with Gasteiger partial charge in [0.05, 0.1) is 5.56 Å². The van der Waals surface area contributed by atoms with Gasteiger partial charge in [-0.1, -0.05) is 26.0 Å². The molecule has 27 heavy (non-hydrogen) atoms. The van der Waals surface area contributed by atoms with E-state index >= 15 is 0 Å². The fourth-order valence-electron chi connectivity index (χ4n) is 3.41. The number of aryl methyl sites for hydroxylation is 2. The van der Waals surface area contributed by atoms with Crippen molar-refractivity contribution < 1.29 is 14.6 Å². The molecule has 1 fully saturated rings. The summed E-state index contributed by atoms with van der Waals surface area (Å²) in [5.74, 6) is 1.16. The number of carbonyl (C=O) groups excluding carboxylic acids is 1. The van der Waals surface area contributed by atoms with Crippen molar-refractivity contribution in [2.75, 3.05) is 13.1 Å². The van der Waals surface area contributed by atoms with Crippen LogP contribution in [-0.4, -0.2) is 35.1 Å². The molecular weight excluding hydrogens is 338 g/mol. The van der Waals surface area contributed by atoms with Gasteiger partial charge in [0.2, 0.25) is 0 Å². The minimum Gasteiger partial charge on any atom is -0.507 e. The Hall–Kier alpha value is -2.49. The lowest BCUT2D eigenvalue weighted by Gasteiger charge is -2.32. The topological polar surface area (TPSA) is 49.8 Å². The first-order chi connectivity index (χ1) is 12.8. The van der Waals surface area contributed by atoms with Gasteiger partial charge in [-0.05, 0) is 60.7 Å². The number of hydrogen-bond acceptors (Lipinski definition) is 3. The number of benzene rings is 2. The van der Waals surface area contributed by atoms with Crippen molar-refractivity contribution in [2.24, 2.45) is 0 Å². The molecule has 0 spiro atoms. The van der Waals surface area contributed by atoms with Crippen molar-refractivity contribution >= 4 is 5.91 Å². The number of likely N-dealkylation sites (tertiary alicyclic amines) is 1. The van der Waals surface area contributed by atoms with E-state index in [0.717, 1.165) is 24.2 Å². The van der Waals surface area contributed by atoms with Crippen LogP contribution in [0.3, 0.4) is 0 Å². The molecule has 4 heteroatoms. The average molecular weight is 367 g/mol. The van der Waals surface area contributed by atoms with Crippen LogP contribution in [0.15, 0.2) is 36.4 Å². The standard InChI is InChI=1S/C23H29NO3/c1-15(2)18-6-8-22(25)21(14-18)23(26)24-11-9-19(10-12-24)27-20-7-5-16(3)17(4)13-20/h5-8,13-15,19,25H,9-12H2,1-4H3. The van der Waals surface area contributed by atoms with Crippen molar-refractivity contribution in [1.82, 2.24) is 4.90 Å². The molecular formula is C23H29NO3. The molecule has 0 aliphatic carbocycles. The molecule has 0 atom stereocenters. The zero-order valence-corrected chi connectivity index (χ0v) is 16.7. The van der Waals surface area contributed by atoms with Crippen LogP contribution in [0.25, 0.3) is 0 Å². The number of piperidine rings is 1. The molecule has 1 heterocycles. The van der Waals surface area contributed by atoms with Gasteiger partial charge in [-0.3, -0.25) is 4.79 Å². The summed E-state index contributed by atoms with van der Waals surface area (Å²) in [6.45, 7) is 9.61. The highest BCUT2D eigenvalue weighted by molar-refractivity contribution is 5.97. The van der Waals surface area contributed by atoms with Crippen LogP contribution in [0.2, 0.25) is 0 Å². The van der Waals surface area contributed by atoms with Crippen LogP contribution in [0, 0.1) is 13.8 Å². The fourth-order valence-corrected chi connectivity index (χ4v) is 3.41. The van der Waals surface area contributed by atoms with E-state index in [1.54, 1.807) is 6.07 Å². The van der Waals surface area contributed by atoms with Crippen LogP contribution in [0.1, 0.15) is 59.7 Å². The lowest BCUT2D eigenvalue weighted by Crippen LogP contribution is -2.41. The van der Waals surface area contributed by atoms with E-state index in [2.05, 4.69) is 39.8 Å². The molecule has 1 saturated heterocycles. The van der Waals surface area contributed by atoms with Gasteiger partial charge in [0.1, 0.15) is 17.6 Å². The Morgan fingerprint density at radius 3 is 2.41 bits per heavy atom. The predicted molar refractivity (Wildman–Crippen MR) is 108 cm³/mol. The molecule has 0 unspecified atom stereocenters. The second-order valence-corrected chi connectivity index (χ2v) is 7.79. The van der Waals surface area contributed by atoms with E-state index in [1.165, 1.54) is 11.1 Å². The lowest BCUT2D eigenvalue weighted by atomic mass is 9.99. The van der Waals surface area contributed by atoms with Crippen LogP contribution in [0.5, 0.6) is 11.5 Å². The number of rotatable bonds is 4. The second kappa shape index (κ2) is 8.03. The largest absolute Gasteiger partial charge is 0.507 e.